The summed E-state index contributed by atoms with van der Waals surface area (Å²) in [7, 11) is -2.07. The van der Waals surface area contributed by atoms with Crippen LogP contribution in [0.4, 0.5) is 0 Å². The predicted octanol–water partition coefficient (Wildman–Crippen LogP) is 3.91. The average molecular weight is 461 g/mol. The Kier molecular flexibility index (Phi) is 5.27. The van der Waals surface area contributed by atoms with Crippen LogP contribution < -0.4 is 4.72 Å². The number of fused-ring (bicyclic) bond motifs is 1. The Hall–Kier alpha value is -2.88. The number of thiophene rings is 1. The number of carbonyl (C=O) groups excluding carboxylic acids is 1. The SMILES string of the molecule is Cc1nn(C)c(-n2ccc3cc(Cl)ccc32)c1/C=C/C(=O)NS(=O)(=O)c1cccs1. The number of benzene rings is 1. The molecule has 3 heterocycles. The molecule has 4 rings (SSSR count). The minimum Gasteiger partial charge on any atom is -0.301 e. The molecule has 10 heteroatoms. The number of rotatable bonds is 5. The van der Waals surface area contributed by atoms with E-state index in [-0.39, 0.29) is 4.21 Å². The third kappa shape index (κ3) is 3.79. The summed E-state index contributed by atoms with van der Waals surface area (Å²) < 4.78 is 30.3. The topological polar surface area (TPSA) is 86.0 Å². The second-order valence-electron chi connectivity index (χ2n) is 6.57. The number of sulfonamides is 1. The Bertz CT molecular complexity index is 1380. The van der Waals surface area contributed by atoms with Gasteiger partial charge in [0.2, 0.25) is 0 Å². The maximum atomic E-state index is 12.3. The molecule has 4 aromatic rings. The Morgan fingerprint density at radius 1 is 1.27 bits per heavy atom. The molecule has 3 aromatic heterocycles. The molecule has 0 unspecified atom stereocenters. The first-order valence-electron chi connectivity index (χ1n) is 8.85. The van der Waals surface area contributed by atoms with Crippen LogP contribution in [0.3, 0.4) is 0 Å². The summed E-state index contributed by atoms with van der Waals surface area (Å²) in [4.78, 5) is 12.3. The molecule has 7 nitrogen and oxygen atoms in total. The van der Waals surface area contributed by atoms with Crippen LogP contribution in [-0.4, -0.2) is 28.7 Å². The molecule has 0 aliphatic carbocycles. The highest BCUT2D eigenvalue weighted by Crippen LogP contribution is 2.27. The molecule has 0 radical (unpaired) electrons. The number of aromatic nitrogens is 3. The normalized spacial score (nSPS) is 12.1. The van der Waals surface area contributed by atoms with Gasteiger partial charge in [-0.05, 0) is 48.7 Å². The summed E-state index contributed by atoms with van der Waals surface area (Å²) in [6.07, 6.45) is 4.66. The van der Waals surface area contributed by atoms with Crippen LogP contribution in [0.15, 0.2) is 58.3 Å². The van der Waals surface area contributed by atoms with Gasteiger partial charge in [-0.1, -0.05) is 17.7 Å². The zero-order chi connectivity index (χ0) is 21.5. The maximum Gasteiger partial charge on any atom is 0.273 e. The minimum atomic E-state index is -3.88. The molecule has 0 bridgehead atoms. The maximum absolute atomic E-state index is 12.3. The van der Waals surface area contributed by atoms with Gasteiger partial charge in [0.05, 0.1) is 11.2 Å². The lowest BCUT2D eigenvalue weighted by Crippen LogP contribution is -2.28. The molecule has 1 N–H and O–H groups in total. The van der Waals surface area contributed by atoms with Crippen molar-refractivity contribution in [2.45, 2.75) is 11.1 Å². The fourth-order valence-corrected chi connectivity index (χ4v) is 5.35. The van der Waals surface area contributed by atoms with E-state index in [4.69, 9.17) is 11.6 Å². The first kappa shape index (κ1) is 20.4. The van der Waals surface area contributed by atoms with Crippen LogP contribution in [0.1, 0.15) is 11.3 Å². The minimum absolute atomic E-state index is 0.0833. The number of nitrogens with one attached hydrogen (secondary N) is 1. The smallest absolute Gasteiger partial charge is 0.273 e. The lowest BCUT2D eigenvalue weighted by Gasteiger charge is -2.08. The molecule has 1 aromatic carbocycles. The fraction of sp³-hybridized carbons (Fsp3) is 0.100. The van der Waals surface area contributed by atoms with Gasteiger partial charge in [-0.2, -0.15) is 5.10 Å². The molecule has 0 aliphatic rings. The highest BCUT2D eigenvalue weighted by atomic mass is 35.5. The van der Waals surface area contributed by atoms with E-state index in [2.05, 4.69) is 9.82 Å². The predicted molar refractivity (Wildman–Crippen MR) is 118 cm³/mol. The second-order valence-corrected chi connectivity index (χ2v) is 9.86. The van der Waals surface area contributed by atoms with Gasteiger partial charge in [0, 0.05) is 35.3 Å². The van der Waals surface area contributed by atoms with Crippen molar-refractivity contribution in [1.82, 2.24) is 19.1 Å². The van der Waals surface area contributed by atoms with Gasteiger partial charge in [-0.25, -0.2) is 13.1 Å². The molecular weight excluding hydrogens is 444 g/mol. The average Bonchev–Trinajstić information content (AvgIpc) is 3.39. The summed E-state index contributed by atoms with van der Waals surface area (Å²) >= 11 is 7.13. The highest BCUT2D eigenvalue weighted by Gasteiger charge is 2.18. The summed E-state index contributed by atoms with van der Waals surface area (Å²) in [6.45, 7) is 1.83. The van der Waals surface area contributed by atoms with Crippen LogP contribution >= 0.6 is 22.9 Å². The van der Waals surface area contributed by atoms with Gasteiger partial charge in [-0.3, -0.25) is 9.48 Å². The van der Waals surface area contributed by atoms with Gasteiger partial charge >= 0.3 is 0 Å². The Morgan fingerprint density at radius 3 is 2.80 bits per heavy atom. The van der Waals surface area contributed by atoms with Crippen molar-refractivity contribution < 1.29 is 13.2 Å². The summed E-state index contributed by atoms with van der Waals surface area (Å²) in [5.41, 5.74) is 2.34. The lowest BCUT2D eigenvalue weighted by atomic mass is 10.2. The van der Waals surface area contributed by atoms with E-state index in [0.717, 1.165) is 28.1 Å². The molecule has 0 saturated heterocycles. The molecule has 0 aliphatic heterocycles. The van der Waals surface area contributed by atoms with Gasteiger partial charge in [0.1, 0.15) is 10.0 Å². The van der Waals surface area contributed by atoms with Crippen molar-refractivity contribution in [1.29, 1.82) is 0 Å². The van der Waals surface area contributed by atoms with Crippen molar-refractivity contribution in [2.24, 2.45) is 7.05 Å². The largest absolute Gasteiger partial charge is 0.301 e. The third-order valence-corrected chi connectivity index (χ3v) is 7.49. The Morgan fingerprint density at radius 2 is 2.07 bits per heavy atom. The molecule has 0 atom stereocenters. The highest BCUT2D eigenvalue weighted by molar-refractivity contribution is 7.92. The number of hydrogen-bond donors (Lipinski definition) is 1. The van der Waals surface area contributed by atoms with Crippen molar-refractivity contribution in [2.75, 3.05) is 0 Å². The van der Waals surface area contributed by atoms with Crippen molar-refractivity contribution in [3.63, 3.8) is 0 Å². The molecule has 0 spiro atoms. The van der Waals surface area contributed by atoms with Crippen molar-refractivity contribution >= 4 is 55.8 Å². The van der Waals surface area contributed by atoms with E-state index < -0.39 is 15.9 Å². The molecular formula is C20H17ClN4O3S2. The Balaban J connectivity index is 1.68. The summed E-state index contributed by atoms with van der Waals surface area (Å²) in [5, 5.41) is 7.70. The monoisotopic (exact) mass is 460 g/mol. The van der Waals surface area contributed by atoms with Crippen molar-refractivity contribution in [3.8, 4) is 5.82 Å². The van der Waals surface area contributed by atoms with E-state index in [0.29, 0.717) is 16.3 Å². The van der Waals surface area contributed by atoms with Crippen LogP contribution in [0.2, 0.25) is 5.02 Å². The Labute approximate surface area is 182 Å². The number of aryl methyl sites for hydroxylation is 2. The lowest BCUT2D eigenvalue weighted by molar-refractivity contribution is -0.114. The molecule has 1 amide bonds. The first-order valence-corrected chi connectivity index (χ1v) is 11.6. The number of amides is 1. The van der Waals surface area contributed by atoms with E-state index >= 15 is 0 Å². The van der Waals surface area contributed by atoms with Gasteiger partial charge in [0.25, 0.3) is 15.9 Å². The van der Waals surface area contributed by atoms with Crippen LogP contribution in [0.25, 0.3) is 22.8 Å². The summed E-state index contributed by atoms with van der Waals surface area (Å²) in [6, 6.07) is 10.6. The number of carbonyl (C=O) groups is 1. The van der Waals surface area contributed by atoms with E-state index in [1.165, 1.54) is 12.1 Å². The van der Waals surface area contributed by atoms with Gasteiger partial charge < -0.3 is 4.57 Å². The molecule has 30 heavy (non-hydrogen) atoms. The van der Waals surface area contributed by atoms with Gasteiger partial charge in [-0.15, -0.1) is 11.3 Å². The number of nitrogens with zero attached hydrogens (tertiary/aromatic N) is 3. The van der Waals surface area contributed by atoms with E-state index in [1.807, 2.05) is 49.0 Å². The third-order valence-electron chi connectivity index (χ3n) is 4.51. The first-order chi connectivity index (χ1) is 14.3. The number of halogens is 1. The number of hydrogen-bond acceptors (Lipinski definition) is 5. The van der Waals surface area contributed by atoms with Gasteiger partial charge in [0.15, 0.2) is 0 Å². The standard InChI is InChI=1S/C20H17ClN4O3S2/c1-13-16(6-8-18(26)23-30(27,28)19-4-3-11-29-19)20(24(2)22-13)25-10-9-14-12-15(21)5-7-17(14)25/h3-12H,1-2H3,(H,23,26)/b8-6+. The van der Waals surface area contributed by atoms with Crippen LogP contribution in [-0.2, 0) is 21.9 Å². The quantitative estimate of drug-likeness (QED) is 0.457. The second kappa shape index (κ2) is 7.75. The molecule has 0 fully saturated rings. The van der Waals surface area contributed by atoms with Crippen molar-refractivity contribution in [3.05, 3.63) is 70.3 Å². The fourth-order valence-electron chi connectivity index (χ4n) is 3.23. The van der Waals surface area contributed by atoms with E-state index in [9.17, 15) is 13.2 Å². The van der Waals surface area contributed by atoms with Crippen LogP contribution in [0.5, 0.6) is 0 Å². The molecule has 154 valence electrons. The molecule has 0 saturated carbocycles. The zero-order valence-corrected chi connectivity index (χ0v) is 18.4. The van der Waals surface area contributed by atoms with E-state index in [1.54, 1.807) is 22.2 Å². The zero-order valence-electron chi connectivity index (χ0n) is 16.0. The van der Waals surface area contributed by atoms with Crippen LogP contribution in [0, 0.1) is 6.92 Å². The summed E-state index contributed by atoms with van der Waals surface area (Å²) in [5.74, 6) is 0.0109.